The zero-order valence-electron chi connectivity index (χ0n) is 18.3. The maximum Gasteiger partial charge on any atom is 0.191 e. The van der Waals surface area contributed by atoms with E-state index in [-0.39, 0.29) is 6.54 Å². The zero-order chi connectivity index (χ0) is 20.4. The summed E-state index contributed by atoms with van der Waals surface area (Å²) in [6.45, 7) is 16.7. The Hall–Kier alpha value is -1.60. The molecule has 0 aliphatic carbocycles. The molecule has 0 bridgehead atoms. The summed E-state index contributed by atoms with van der Waals surface area (Å²) < 4.78 is 1.69. The third kappa shape index (κ3) is 7.89. The SMILES string of the molecule is CCNC(=NCC(C)(O)c1cnn(C)c1)NCC(CC(C)C)N(CC)CC. The average Bonchev–Trinajstić information content (AvgIpc) is 3.05. The predicted molar refractivity (Wildman–Crippen MR) is 113 cm³/mol. The Morgan fingerprint density at radius 2 is 1.96 bits per heavy atom. The molecule has 0 aliphatic heterocycles. The van der Waals surface area contributed by atoms with Gasteiger partial charge in [-0.15, -0.1) is 0 Å². The number of aliphatic hydroxyl groups is 1. The van der Waals surface area contributed by atoms with Gasteiger partial charge in [-0.1, -0.05) is 27.7 Å². The van der Waals surface area contributed by atoms with E-state index in [0.29, 0.717) is 12.0 Å². The van der Waals surface area contributed by atoms with Crippen molar-refractivity contribution in [3.05, 3.63) is 18.0 Å². The van der Waals surface area contributed by atoms with E-state index < -0.39 is 5.60 Å². The highest BCUT2D eigenvalue weighted by Gasteiger charge is 2.25. The summed E-state index contributed by atoms with van der Waals surface area (Å²) in [6.07, 6.45) is 4.66. The molecule has 0 fully saturated rings. The van der Waals surface area contributed by atoms with Gasteiger partial charge in [-0.05, 0) is 39.3 Å². The first-order chi connectivity index (χ1) is 12.7. The van der Waals surface area contributed by atoms with Gasteiger partial charge in [0.15, 0.2) is 5.96 Å². The van der Waals surface area contributed by atoms with E-state index in [1.54, 1.807) is 17.8 Å². The molecule has 0 saturated heterocycles. The van der Waals surface area contributed by atoms with Crippen molar-refractivity contribution in [3.63, 3.8) is 0 Å². The fraction of sp³-hybridized carbons (Fsp3) is 0.800. The number of nitrogens with zero attached hydrogens (tertiary/aromatic N) is 4. The Morgan fingerprint density at radius 1 is 1.30 bits per heavy atom. The fourth-order valence-corrected chi connectivity index (χ4v) is 3.23. The van der Waals surface area contributed by atoms with E-state index in [9.17, 15) is 5.11 Å². The van der Waals surface area contributed by atoms with Gasteiger partial charge in [0, 0.05) is 37.9 Å². The molecule has 0 aliphatic rings. The number of aromatic nitrogens is 2. The van der Waals surface area contributed by atoms with Crippen molar-refractivity contribution in [2.24, 2.45) is 18.0 Å². The number of nitrogens with one attached hydrogen (secondary N) is 2. The van der Waals surface area contributed by atoms with Gasteiger partial charge in [-0.25, -0.2) is 4.99 Å². The number of rotatable bonds is 11. The lowest BCUT2D eigenvalue weighted by Gasteiger charge is -2.31. The van der Waals surface area contributed by atoms with Crippen LogP contribution in [0.4, 0.5) is 0 Å². The van der Waals surface area contributed by atoms with Crippen LogP contribution in [-0.4, -0.2) is 64.5 Å². The molecule has 0 saturated carbocycles. The summed E-state index contributed by atoms with van der Waals surface area (Å²) in [5, 5.41) is 21.6. The summed E-state index contributed by atoms with van der Waals surface area (Å²) >= 11 is 0. The van der Waals surface area contributed by atoms with Crippen LogP contribution in [0, 0.1) is 5.92 Å². The second kappa shape index (κ2) is 11.3. The van der Waals surface area contributed by atoms with E-state index >= 15 is 0 Å². The van der Waals surface area contributed by atoms with Crippen molar-refractivity contribution in [1.82, 2.24) is 25.3 Å². The lowest BCUT2D eigenvalue weighted by atomic mass is 10.0. The van der Waals surface area contributed by atoms with E-state index in [2.05, 4.69) is 53.3 Å². The molecular formula is C20H40N6O. The van der Waals surface area contributed by atoms with Crippen LogP contribution in [0.3, 0.4) is 0 Å². The molecule has 0 spiro atoms. The van der Waals surface area contributed by atoms with Crippen LogP contribution in [0.15, 0.2) is 17.4 Å². The van der Waals surface area contributed by atoms with E-state index in [4.69, 9.17) is 0 Å². The van der Waals surface area contributed by atoms with Crippen molar-refractivity contribution < 1.29 is 5.11 Å². The number of hydrogen-bond donors (Lipinski definition) is 3. The second-order valence-electron chi connectivity index (χ2n) is 7.76. The Labute approximate surface area is 165 Å². The molecule has 1 heterocycles. The van der Waals surface area contributed by atoms with Crippen molar-refractivity contribution in [2.75, 3.05) is 32.7 Å². The molecule has 3 N–H and O–H groups in total. The summed E-state index contributed by atoms with van der Waals surface area (Å²) in [4.78, 5) is 7.11. The topological polar surface area (TPSA) is 77.7 Å². The molecule has 7 nitrogen and oxygen atoms in total. The number of aliphatic imine (C=N–C) groups is 1. The Bertz CT molecular complexity index is 563. The standard InChI is InChI=1S/C20H40N6O/c1-8-21-19(22-13-18(11-16(4)5)26(9-2)10-3)23-15-20(6,27)17-12-24-25(7)14-17/h12,14,16,18,27H,8-11,13,15H2,1-7H3,(H2,21,22,23). The van der Waals surface area contributed by atoms with Gasteiger partial charge in [0.25, 0.3) is 0 Å². The minimum absolute atomic E-state index is 0.272. The summed E-state index contributed by atoms with van der Waals surface area (Å²) in [6, 6.07) is 0.461. The molecule has 1 aromatic rings. The molecule has 1 rings (SSSR count). The minimum Gasteiger partial charge on any atom is -0.383 e. The highest BCUT2D eigenvalue weighted by Crippen LogP contribution is 2.19. The van der Waals surface area contributed by atoms with Gasteiger partial charge < -0.3 is 15.7 Å². The molecule has 0 aromatic carbocycles. The number of aryl methyl sites for hydroxylation is 1. The third-order valence-electron chi connectivity index (χ3n) is 4.79. The van der Waals surface area contributed by atoms with Crippen LogP contribution >= 0.6 is 0 Å². The summed E-state index contributed by atoms with van der Waals surface area (Å²) in [7, 11) is 1.84. The Morgan fingerprint density at radius 3 is 2.44 bits per heavy atom. The number of likely N-dealkylation sites (N-methyl/N-ethyl adjacent to an activating group) is 1. The lowest BCUT2D eigenvalue weighted by Crippen LogP contribution is -2.48. The van der Waals surface area contributed by atoms with Gasteiger partial charge in [-0.3, -0.25) is 9.58 Å². The van der Waals surface area contributed by atoms with Crippen LogP contribution < -0.4 is 10.6 Å². The van der Waals surface area contributed by atoms with Crippen LogP contribution in [-0.2, 0) is 12.6 Å². The third-order valence-corrected chi connectivity index (χ3v) is 4.79. The maximum absolute atomic E-state index is 10.8. The number of hydrogen-bond acceptors (Lipinski definition) is 4. The molecule has 27 heavy (non-hydrogen) atoms. The minimum atomic E-state index is -1.05. The zero-order valence-corrected chi connectivity index (χ0v) is 18.3. The van der Waals surface area contributed by atoms with Crippen molar-refractivity contribution in [1.29, 1.82) is 0 Å². The quantitative estimate of drug-likeness (QED) is 0.404. The predicted octanol–water partition coefficient (Wildman–Crippen LogP) is 1.94. The number of guanidine groups is 1. The largest absolute Gasteiger partial charge is 0.383 e. The first-order valence-corrected chi connectivity index (χ1v) is 10.2. The Kier molecular flexibility index (Phi) is 9.80. The molecule has 2 atom stereocenters. The van der Waals surface area contributed by atoms with E-state index in [1.807, 2.05) is 20.2 Å². The average molecular weight is 381 g/mol. The van der Waals surface area contributed by atoms with Crippen LogP contribution in [0.1, 0.15) is 53.5 Å². The summed E-state index contributed by atoms with van der Waals surface area (Å²) in [5.74, 6) is 1.38. The first kappa shape index (κ1) is 23.4. The van der Waals surface area contributed by atoms with Crippen molar-refractivity contribution in [3.8, 4) is 0 Å². The molecule has 156 valence electrons. The normalized spacial score (nSPS) is 15.9. The van der Waals surface area contributed by atoms with Gasteiger partial charge in [0.05, 0.1) is 12.7 Å². The van der Waals surface area contributed by atoms with Crippen LogP contribution in [0.5, 0.6) is 0 Å². The fourth-order valence-electron chi connectivity index (χ4n) is 3.23. The molecular weight excluding hydrogens is 340 g/mol. The van der Waals surface area contributed by atoms with Crippen LogP contribution in [0.25, 0.3) is 0 Å². The first-order valence-electron chi connectivity index (χ1n) is 10.2. The van der Waals surface area contributed by atoms with E-state index in [0.717, 1.165) is 44.1 Å². The molecule has 0 amide bonds. The monoisotopic (exact) mass is 380 g/mol. The maximum atomic E-state index is 10.8. The second-order valence-corrected chi connectivity index (χ2v) is 7.76. The molecule has 2 unspecified atom stereocenters. The highest BCUT2D eigenvalue weighted by molar-refractivity contribution is 5.79. The smallest absolute Gasteiger partial charge is 0.191 e. The summed E-state index contributed by atoms with van der Waals surface area (Å²) in [5.41, 5.74) is -0.280. The van der Waals surface area contributed by atoms with E-state index in [1.165, 1.54) is 0 Å². The Balaban J connectivity index is 2.79. The highest BCUT2D eigenvalue weighted by atomic mass is 16.3. The van der Waals surface area contributed by atoms with Gasteiger partial charge in [0.2, 0.25) is 0 Å². The molecule has 7 heteroatoms. The van der Waals surface area contributed by atoms with Gasteiger partial charge in [-0.2, -0.15) is 5.10 Å². The molecule has 0 radical (unpaired) electrons. The van der Waals surface area contributed by atoms with Crippen molar-refractivity contribution in [2.45, 2.75) is 59.6 Å². The lowest BCUT2D eigenvalue weighted by molar-refractivity contribution is 0.0671. The molecule has 1 aromatic heterocycles. The van der Waals surface area contributed by atoms with Gasteiger partial charge >= 0.3 is 0 Å². The van der Waals surface area contributed by atoms with Crippen molar-refractivity contribution >= 4 is 5.96 Å². The van der Waals surface area contributed by atoms with Gasteiger partial charge in [0.1, 0.15) is 5.60 Å². The van der Waals surface area contributed by atoms with Crippen LogP contribution in [0.2, 0.25) is 0 Å².